The standard InChI is InChI=1S/C13H21N3O3/c1-5-13(6-2,12(17)18)7-14-10-9(3)11(19-4)16-8-15-10/h8H,5-7H2,1-4H3,(H,17,18)(H,14,15,16). The van der Waals surface area contributed by atoms with Crippen molar-refractivity contribution in [1.29, 1.82) is 0 Å². The number of carbonyl (C=O) groups is 1. The van der Waals surface area contributed by atoms with Gasteiger partial charge in [-0.3, -0.25) is 4.79 Å². The molecule has 0 amide bonds. The van der Waals surface area contributed by atoms with E-state index in [1.54, 1.807) is 7.11 Å². The zero-order chi connectivity index (χ0) is 14.5. The lowest BCUT2D eigenvalue weighted by Crippen LogP contribution is -2.37. The molecule has 0 aliphatic carbocycles. The van der Waals surface area contributed by atoms with Crippen LogP contribution in [0.15, 0.2) is 6.33 Å². The van der Waals surface area contributed by atoms with Crippen LogP contribution in [0.4, 0.5) is 5.82 Å². The van der Waals surface area contributed by atoms with E-state index in [-0.39, 0.29) is 0 Å². The number of ether oxygens (including phenoxy) is 1. The van der Waals surface area contributed by atoms with Gasteiger partial charge in [0.15, 0.2) is 0 Å². The van der Waals surface area contributed by atoms with Crippen LogP contribution in [0.2, 0.25) is 0 Å². The third-order valence-corrected chi connectivity index (χ3v) is 3.63. The highest BCUT2D eigenvalue weighted by Crippen LogP contribution is 2.28. The van der Waals surface area contributed by atoms with Crippen LogP contribution < -0.4 is 10.1 Å². The Kier molecular flexibility index (Phi) is 5.09. The molecule has 2 N–H and O–H groups in total. The number of hydrogen-bond donors (Lipinski definition) is 2. The van der Waals surface area contributed by atoms with Gasteiger partial charge in [-0.1, -0.05) is 13.8 Å². The summed E-state index contributed by atoms with van der Waals surface area (Å²) in [6.45, 7) is 5.93. The largest absolute Gasteiger partial charge is 0.481 e. The Morgan fingerprint density at radius 1 is 1.42 bits per heavy atom. The average Bonchev–Trinajstić information content (AvgIpc) is 2.41. The third kappa shape index (κ3) is 3.13. The Morgan fingerprint density at radius 3 is 2.53 bits per heavy atom. The molecule has 0 atom stereocenters. The number of methoxy groups -OCH3 is 1. The topological polar surface area (TPSA) is 84.3 Å². The molecule has 0 aliphatic heterocycles. The molecule has 0 fully saturated rings. The summed E-state index contributed by atoms with van der Waals surface area (Å²) in [6.07, 6.45) is 2.52. The van der Waals surface area contributed by atoms with Crippen LogP contribution in [0.1, 0.15) is 32.3 Å². The fraction of sp³-hybridized carbons (Fsp3) is 0.615. The van der Waals surface area contributed by atoms with Gasteiger partial charge in [-0.2, -0.15) is 0 Å². The van der Waals surface area contributed by atoms with Gasteiger partial charge in [-0.05, 0) is 19.8 Å². The van der Waals surface area contributed by atoms with Crippen molar-refractivity contribution in [3.63, 3.8) is 0 Å². The van der Waals surface area contributed by atoms with Gasteiger partial charge in [0.05, 0.1) is 18.1 Å². The smallest absolute Gasteiger partial charge is 0.311 e. The summed E-state index contributed by atoms with van der Waals surface area (Å²) in [5, 5.41) is 12.5. The molecule has 106 valence electrons. The van der Waals surface area contributed by atoms with Gasteiger partial charge in [-0.15, -0.1) is 0 Å². The fourth-order valence-electron chi connectivity index (χ4n) is 1.95. The zero-order valence-electron chi connectivity index (χ0n) is 11.9. The van der Waals surface area contributed by atoms with E-state index in [0.29, 0.717) is 31.1 Å². The van der Waals surface area contributed by atoms with E-state index in [0.717, 1.165) is 5.56 Å². The molecule has 0 aliphatic rings. The lowest BCUT2D eigenvalue weighted by atomic mass is 9.82. The first kappa shape index (κ1) is 15.2. The van der Waals surface area contributed by atoms with Crippen LogP contribution in [0.25, 0.3) is 0 Å². The molecular formula is C13H21N3O3. The van der Waals surface area contributed by atoms with Crippen LogP contribution in [0, 0.1) is 12.3 Å². The predicted molar refractivity (Wildman–Crippen MR) is 72.5 cm³/mol. The molecule has 0 unspecified atom stereocenters. The summed E-state index contributed by atoms with van der Waals surface area (Å²) in [4.78, 5) is 19.5. The predicted octanol–water partition coefficient (Wildman–Crippen LogP) is 2.10. The molecule has 1 heterocycles. The number of hydrogen-bond acceptors (Lipinski definition) is 5. The zero-order valence-corrected chi connectivity index (χ0v) is 11.9. The minimum Gasteiger partial charge on any atom is -0.481 e. The Balaban J connectivity index is 2.89. The van der Waals surface area contributed by atoms with Crippen molar-refractivity contribution in [2.45, 2.75) is 33.6 Å². The molecule has 19 heavy (non-hydrogen) atoms. The average molecular weight is 267 g/mol. The number of nitrogens with one attached hydrogen (secondary N) is 1. The summed E-state index contributed by atoms with van der Waals surface area (Å²) in [5.74, 6) is 0.314. The second-order valence-electron chi connectivity index (χ2n) is 4.50. The maximum absolute atomic E-state index is 11.4. The summed E-state index contributed by atoms with van der Waals surface area (Å²) < 4.78 is 5.11. The highest BCUT2D eigenvalue weighted by Gasteiger charge is 2.34. The van der Waals surface area contributed by atoms with E-state index >= 15 is 0 Å². The van der Waals surface area contributed by atoms with E-state index in [4.69, 9.17) is 4.74 Å². The van der Waals surface area contributed by atoms with Crippen LogP contribution in [0.3, 0.4) is 0 Å². The number of carboxylic acids is 1. The number of aliphatic carboxylic acids is 1. The second-order valence-corrected chi connectivity index (χ2v) is 4.50. The van der Waals surface area contributed by atoms with E-state index < -0.39 is 11.4 Å². The lowest BCUT2D eigenvalue weighted by Gasteiger charge is -2.27. The maximum atomic E-state index is 11.4. The molecule has 0 radical (unpaired) electrons. The van der Waals surface area contributed by atoms with Gasteiger partial charge in [0.1, 0.15) is 12.1 Å². The summed E-state index contributed by atoms with van der Waals surface area (Å²) in [5.41, 5.74) is 0.00134. The van der Waals surface area contributed by atoms with Gasteiger partial charge >= 0.3 is 5.97 Å². The molecule has 0 aromatic carbocycles. The SMILES string of the molecule is CCC(CC)(CNc1ncnc(OC)c1C)C(=O)O. The molecule has 1 aromatic rings. The minimum absolute atomic E-state index is 0.330. The Labute approximate surface area is 113 Å². The van der Waals surface area contributed by atoms with E-state index in [1.807, 2.05) is 20.8 Å². The minimum atomic E-state index is -0.788. The quantitative estimate of drug-likeness (QED) is 0.787. The number of aromatic nitrogens is 2. The van der Waals surface area contributed by atoms with Crippen molar-refractivity contribution in [3.05, 3.63) is 11.9 Å². The Bertz CT molecular complexity index is 445. The van der Waals surface area contributed by atoms with Gasteiger partial charge in [-0.25, -0.2) is 9.97 Å². The molecule has 6 nitrogen and oxygen atoms in total. The second kappa shape index (κ2) is 6.36. The van der Waals surface area contributed by atoms with E-state index in [9.17, 15) is 9.90 Å². The molecule has 0 bridgehead atoms. The van der Waals surface area contributed by atoms with Crippen LogP contribution >= 0.6 is 0 Å². The number of anilines is 1. The first-order valence-corrected chi connectivity index (χ1v) is 6.33. The molecule has 1 rings (SSSR count). The molecular weight excluding hydrogens is 246 g/mol. The Morgan fingerprint density at radius 2 is 2.05 bits per heavy atom. The summed E-state index contributed by atoms with van der Waals surface area (Å²) in [7, 11) is 1.54. The normalized spacial score (nSPS) is 11.2. The first-order chi connectivity index (χ1) is 9.00. The van der Waals surface area contributed by atoms with Crippen LogP contribution in [0.5, 0.6) is 5.88 Å². The molecule has 0 spiro atoms. The molecule has 0 saturated carbocycles. The number of rotatable bonds is 7. The van der Waals surface area contributed by atoms with E-state index in [2.05, 4.69) is 15.3 Å². The van der Waals surface area contributed by atoms with Crippen LogP contribution in [-0.4, -0.2) is 34.7 Å². The van der Waals surface area contributed by atoms with Gasteiger partial charge < -0.3 is 15.2 Å². The number of carboxylic acid groups (broad SMARTS) is 1. The molecule has 0 saturated heterocycles. The van der Waals surface area contributed by atoms with E-state index in [1.165, 1.54) is 6.33 Å². The van der Waals surface area contributed by atoms with Crippen molar-refractivity contribution in [2.24, 2.45) is 5.41 Å². The van der Waals surface area contributed by atoms with Crippen molar-refractivity contribution in [1.82, 2.24) is 9.97 Å². The monoisotopic (exact) mass is 267 g/mol. The van der Waals surface area contributed by atoms with Crippen molar-refractivity contribution in [2.75, 3.05) is 19.0 Å². The summed E-state index contributed by atoms with van der Waals surface area (Å²) >= 11 is 0. The van der Waals surface area contributed by atoms with Gasteiger partial charge in [0, 0.05) is 6.54 Å². The first-order valence-electron chi connectivity index (χ1n) is 6.33. The molecule has 6 heteroatoms. The highest BCUT2D eigenvalue weighted by molar-refractivity contribution is 5.75. The fourth-order valence-corrected chi connectivity index (χ4v) is 1.95. The lowest BCUT2D eigenvalue weighted by molar-refractivity contribution is -0.148. The van der Waals surface area contributed by atoms with Gasteiger partial charge in [0.25, 0.3) is 0 Å². The summed E-state index contributed by atoms with van der Waals surface area (Å²) in [6, 6.07) is 0. The maximum Gasteiger partial charge on any atom is 0.311 e. The van der Waals surface area contributed by atoms with Crippen molar-refractivity contribution in [3.8, 4) is 5.88 Å². The van der Waals surface area contributed by atoms with Crippen molar-refractivity contribution < 1.29 is 14.6 Å². The number of nitrogens with zero attached hydrogens (tertiary/aromatic N) is 2. The molecule has 1 aromatic heterocycles. The van der Waals surface area contributed by atoms with Gasteiger partial charge in [0.2, 0.25) is 5.88 Å². The van der Waals surface area contributed by atoms with Crippen molar-refractivity contribution >= 4 is 11.8 Å². The Hall–Kier alpha value is -1.85. The third-order valence-electron chi connectivity index (χ3n) is 3.63. The highest BCUT2D eigenvalue weighted by atomic mass is 16.5. The van der Waals surface area contributed by atoms with Crippen LogP contribution in [-0.2, 0) is 4.79 Å².